The van der Waals surface area contributed by atoms with Crippen molar-refractivity contribution in [1.82, 2.24) is 4.98 Å². The molecule has 1 atom stereocenters. The molecular formula is C18H19F3N2O. The number of pyridine rings is 1. The molecule has 0 aliphatic carbocycles. The fraction of sp³-hybridized carbons (Fsp3) is 0.278. The zero-order valence-corrected chi connectivity index (χ0v) is 13.5. The zero-order valence-electron chi connectivity index (χ0n) is 13.5. The lowest BCUT2D eigenvalue weighted by atomic mass is 10.1. The van der Waals surface area contributed by atoms with Gasteiger partial charge < -0.3 is 10.5 Å². The number of hydrogen-bond donors (Lipinski definition) is 1. The zero-order chi connectivity index (χ0) is 17.7. The number of allylic oxidation sites excluding steroid dienone is 2. The summed E-state index contributed by atoms with van der Waals surface area (Å²) in [5.74, 6) is -2.98. The summed E-state index contributed by atoms with van der Waals surface area (Å²) in [7, 11) is 0. The van der Waals surface area contributed by atoms with Crippen LogP contribution in [0.25, 0.3) is 0 Å². The summed E-state index contributed by atoms with van der Waals surface area (Å²) < 4.78 is 46.5. The highest BCUT2D eigenvalue weighted by molar-refractivity contribution is 5.47. The third kappa shape index (κ3) is 4.07. The average molecular weight is 336 g/mol. The molecule has 3 nitrogen and oxygen atoms in total. The molecule has 1 unspecified atom stereocenters. The molecule has 1 aromatic carbocycles. The molecule has 128 valence electrons. The maximum Gasteiger partial charge on any atom is 0.168 e. The van der Waals surface area contributed by atoms with Gasteiger partial charge in [-0.25, -0.2) is 18.2 Å². The number of nitrogens with two attached hydrogens (primary N) is 1. The van der Waals surface area contributed by atoms with Crippen LogP contribution in [0.1, 0.15) is 37.5 Å². The number of anilines is 1. The van der Waals surface area contributed by atoms with Crippen molar-refractivity contribution in [3.8, 4) is 5.75 Å². The molecule has 24 heavy (non-hydrogen) atoms. The highest BCUT2D eigenvalue weighted by atomic mass is 19.2. The summed E-state index contributed by atoms with van der Waals surface area (Å²) in [5.41, 5.74) is 6.12. The molecule has 2 aromatic rings. The van der Waals surface area contributed by atoms with Crippen molar-refractivity contribution >= 4 is 5.82 Å². The number of aromatic nitrogens is 1. The van der Waals surface area contributed by atoms with Crippen molar-refractivity contribution in [3.63, 3.8) is 0 Å². The topological polar surface area (TPSA) is 48.1 Å². The maximum atomic E-state index is 13.9. The molecule has 6 heteroatoms. The van der Waals surface area contributed by atoms with Crippen molar-refractivity contribution in [3.05, 3.63) is 65.1 Å². The third-order valence-electron chi connectivity index (χ3n) is 3.48. The lowest BCUT2D eigenvalue weighted by Gasteiger charge is -2.18. The summed E-state index contributed by atoms with van der Waals surface area (Å²) in [6, 6.07) is 3.26. The molecule has 0 bridgehead atoms. The lowest BCUT2D eigenvalue weighted by Crippen LogP contribution is -2.11. The van der Waals surface area contributed by atoms with Gasteiger partial charge in [0.1, 0.15) is 11.9 Å². The van der Waals surface area contributed by atoms with Crippen molar-refractivity contribution < 1.29 is 17.9 Å². The minimum absolute atomic E-state index is 0.0993. The largest absolute Gasteiger partial charge is 0.482 e. The van der Waals surface area contributed by atoms with Crippen LogP contribution in [-0.4, -0.2) is 4.98 Å². The first-order valence-electron chi connectivity index (χ1n) is 7.63. The second-order valence-corrected chi connectivity index (χ2v) is 5.33. The number of rotatable bonds is 6. The number of nitrogens with zero attached hydrogens (tertiary/aromatic N) is 1. The quantitative estimate of drug-likeness (QED) is 0.613. The van der Waals surface area contributed by atoms with Crippen molar-refractivity contribution in [1.29, 1.82) is 0 Å². The van der Waals surface area contributed by atoms with Gasteiger partial charge in [-0.1, -0.05) is 19.1 Å². The molecule has 0 saturated heterocycles. The SMILES string of the molecule is CC/C=C\Cc1cnc(N)c(OC(C)c2c(F)ccc(F)c2F)c1. The Hall–Kier alpha value is -2.50. The smallest absolute Gasteiger partial charge is 0.168 e. The fourth-order valence-electron chi connectivity index (χ4n) is 2.25. The minimum Gasteiger partial charge on any atom is -0.482 e. The first-order chi connectivity index (χ1) is 11.4. The Morgan fingerprint density at radius 1 is 1.21 bits per heavy atom. The van der Waals surface area contributed by atoms with E-state index >= 15 is 0 Å². The van der Waals surface area contributed by atoms with Crippen LogP contribution in [0.15, 0.2) is 36.5 Å². The Morgan fingerprint density at radius 2 is 1.92 bits per heavy atom. The lowest BCUT2D eigenvalue weighted by molar-refractivity contribution is 0.214. The summed E-state index contributed by atoms with van der Waals surface area (Å²) >= 11 is 0. The average Bonchev–Trinajstić information content (AvgIpc) is 2.54. The van der Waals surface area contributed by atoms with E-state index in [1.165, 1.54) is 6.92 Å². The van der Waals surface area contributed by atoms with Gasteiger partial charge in [-0.2, -0.15) is 0 Å². The van der Waals surface area contributed by atoms with E-state index < -0.39 is 29.1 Å². The van der Waals surface area contributed by atoms with E-state index in [4.69, 9.17) is 10.5 Å². The van der Waals surface area contributed by atoms with Gasteiger partial charge in [-0.05, 0) is 43.5 Å². The van der Waals surface area contributed by atoms with E-state index in [0.717, 1.165) is 24.1 Å². The molecule has 0 amide bonds. The molecule has 0 saturated carbocycles. The standard InChI is InChI=1S/C18H19F3N2O/c1-3-4-5-6-12-9-15(18(22)23-10-12)24-11(2)16-13(19)7-8-14(20)17(16)21/h4-5,7-11H,3,6H2,1-2H3,(H2,22,23)/b5-4-. The van der Waals surface area contributed by atoms with Gasteiger partial charge in [0.05, 0.1) is 5.56 Å². The molecule has 1 aromatic heterocycles. The normalized spacial score (nSPS) is 12.5. The van der Waals surface area contributed by atoms with Gasteiger partial charge in [-0.3, -0.25) is 0 Å². The van der Waals surface area contributed by atoms with Crippen LogP contribution in [0.4, 0.5) is 19.0 Å². The van der Waals surface area contributed by atoms with Gasteiger partial charge in [0.15, 0.2) is 23.2 Å². The van der Waals surface area contributed by atoms with Crippen LogP contribution in [0.2, 0.25) is 0 Å². The molecule has 0 radical (unpaired) electrons. The highest BCUT2D eigenvalue weighted by Crippen LogP contribution is 2.30. The number of halogens is 3. The van der Waals surface area contributed by atoms with E-state index in [1.807, 2.05) is 19.1 Å². The highest BCUT2D eigenvalue weighted by Gasteiger charge is 2.22. The third-order valence-corrected chi connectivity index (χ3v) is 3.48. The van der Waals surface area contributed by atoms with Crippen molar-refractivity contribution in [2.45, 2.75) is 32.8 Å². The molecule has 0 aliphatic heterocycles. The van der Waals surface area contributed by atoms with Crippen molar-refractivity contribution in [2.75, 3.05) is 5.73 Å². The van der Waals surface area contributed by atoms with Crippen molar-refractivity contribution in [2.24, 2.45) is 0 Å². The Kier molecular flexibility index (Phi) is 5.84. The monoisotopic (exact) mass is 336 g/mol. The molecule has 0 spiro atoms. The fourth-order valence-corrected chi connectivity index (χ4v) is 2.25. The van der Waals surface area contributed by atoms with Crippen LogP contribution in [0, 0.1) is 17.5 Å². The van der Waals surface area contributed by atoms with Crippen LogP contribution in [-0.2, 0) is 6.42 Å². The summed E-state index contributed by atoms with van der Waals surface area (Å²) in [4.78, 5) is 4.02. The minimum atomic E-state index is -1.27. The van der Waals surface area contributed by atoms with E-state index in [2.05, 4.69) is 4.98 Å². The molecule has 0 aliphatic rings. The molecule has 2 N–H and O–H groups in total. The summed E-state index contributed by atoms with van der Waals surface area (Å²) in [6.45, 7) is 3.44. The molecule has 2 rings (SSSR count). The summed E-state index contributed by atoms with van der Waals surface area (Å²) in [6.07, 6.45) is 6.08. The van der Waals surface area contributed by atoms with Crippen LogP contribution >= 0.6 is 0 Å². The van der Waals surface area contributed by atoms with Crippen LogP contribution < -0.4 is 10.5 Å². The maximum absolute atomic E-state index is 13.9. The Balaban J connectivity index is 2.26. The van der Waals surface area contributed by atoms with E-state index in [0.29, 0.717) is 6.42 Å². The van der Waals surface area contributed by atoms with Crippen LogP contribution in [0.5, 0.6) is 5.75 Å². The second kappa shape index (κ2) is 7.86. The number of ether oxygens (including phenoxy) is 1. The summed E-state index contributed by atoms with van der Waals surface area (Å²) in [5, 5.41) is 0. The first-order valence-corrected chi connectivity index (χ1v) is 7.63. The number of hydrogen-bond acceptors (Lipinski definition) is 3. The Labute approximate surface area is 139 Å². The predicted octanol–water partition coefficient (Wildman–Crippen LogP) is 4.73. The molecule has 1 heterocycles. The van der Waals surface area contributed by atoms with Gasteiger partial charge in [-0.15, -0.1) is 0 Å². The predicted molar refractivity (Wildman–Crippen MR) is 87.1 cm³/mol. The second-order valence-electron chi connectivity index (χ2n) is 5.33. The number of benzene rings is 1. The first kappa shape index (κ1) is 17.8. The Bertz CT molecular complexity index is 747. The Morgan fingerprint density at radius 3 is 2.62 bits per heavy atom. The van der Waals surface area contributed by atoms with Crippen LogP contribution in [0.3, 0.4) is 0 Å². The molecule has 0 fully saturated rings. The van der Waals surface area contributed by atoms with E-state index in [9.17, 15) is 13.2 Å². The molecular weight excluding hydrogens is 317 g/mol. The van der Waals surface area contributed by atoms with Gasteiger partial charge in [0.2, 0.25) is 0 Å². The van der Waals surface area contributed by atoms with E-state index in [-0.39, 0.29) is 11.6 Å². The van der Waals surface area contributed by atoms with Gasteiger partial charge in [0, 0.05) is 6.20 Å². The van der Waals surface area contributed by atoms with E-state index in [1.54, 1.807) is 12.3 Å². The van der Waals surface area contributed by atoms with Gasteiger partial charge >= 0.3 is 0 Å². The van der Waals surface area contributed by atoms with Gasteiger partial charge in [0.25, 0.3) is 0 Å². The number of nitrogen functional groups attached to an aromatic ring is 1.